The zero-order valence-electron chi connectivity index (χ0n) is 12.0. The summed E-state index contributed by atoms with van der Waals surface area (Å²) < 4.78 is 27.1. The highest BCUT2D eigenvalue weighted by Gasteiger charge is 2.37. The monoisotopic (exact) mass is 323 g/mol. The second kappa shape index (κ2) is 5.96. The molecule has 1 aromatic carbocycles. The summed E-state index contributed by atoms with van der Waals surface area (Å²) in [5.41, 5.74) is -0.365. The number of benzene rings is 1. The molecule has 1 atom stereocenters. The van der Waals surface area contributed by atoms with Gasteiger partial charge in [0.2, 0.25) is 0 Å². The molecule has 1 fully saturated rings. The molecule has 0 saturated heterocycles. The minimum Gasteiger partial charge on any atom is -0.393 e. The van der Waals surface area contributed by atoms with E-state index in [4.69, 9.17) is 0 Å². The third-order valence-electron chi connectivity index (χ3n) is 4.05. The van der Waals surface area contributed by atoms with Crippen LogP contribution in [0.3, 0.4) is 0 Å². The molecule has 1 aliphatic rings. The highest BCUT2D eigenvalue weighted by atomic mass is 19.1. The Morgan fingerprint density at radius 3 is 2.65 bits per heavy atom. The van der Waals surface area contributed by atoms with E-state index in [1.54, 1.807) is 0 Å². The van der Waals surface area contributed by atoms with E-state index in [2.05, 4.69) is 15.3 Å². The van der Waals surface area contributed by atoms with Gasteiger partial charge in [-0.05, 0) is 24.8 Å². The summed E-state index contributed by atoms with van der Waals surface area (Å²) in [7, 11) is 0. The maximum Gasteiger partial charge on any atom is 0.323 e. The Labute approximate surface area is 129 Å². The number of aromatic amines is 2. The number of nitrogens with one attached hydrogen (secondary N) is 3. The summed E-state index contributed by atoms with van der Waals surface area (Å²) in [4.78, 5) is 27.9. The van der Waals surface area contributed by atoms with Gasteiger partial charge in [0.05, 0.1) is 12.1 Å². The lowest BCUT2D eigenvalue weighted by atomic mass is 9.75. The Morgan fingerprint density at radius 1 is 1.35 bits per heavy atom. The zero-order chi connectivity index (χ0) is 16.6. The zero-order valence-corrected chi connectivity index (χ0v) is 12.0. The summed E-state index contributed by atoms with van der Waals surface area (Å²) in [6.45, 7) is 0. The molecule has 0 bridgehead atoms. The van der Waals surface area contributed by atoms with Crippen molar-refractivity contribution in [3.8, 4) is 0 Å². The van der Waals surface area contributed by atoms with E-state index >= 15 is 0 Å². The number of hydrogen-bond donors (Lipinski definition) is 4. The van der Waals surface area contributed by atoms with Crippen molar-refractivity contribution < 1.29 is 18.7 Å². The van der Waals surface area contributed by atoms with E-state index in [9.17, 15) is 23.5 Å². The highest BCUT2D eigenvalue weighted by Crippen LogP contribution is 2.39. The quantitative estimate of drug-likeness (QED) is 0.681. The lowest BCUT2D eigenvalue weighted by molar-refractivity contribution is 0.0228. The van der Waals surface area contributed by atoms with Crippen molar-refractivity contribution in [2.75, 3.05) is 0 Å². The van der Waals surface area contributed by atoms with Crippen molar-refractivity contribution in [1.82, 2.24) is 15.3 Å². The standard InChI is InChI=1S/C15H15F2N3O3/c16-8-1-2-10(11(17)5-8)13(7-3-9(21)4-7)20-14(22)12-6-18-15(23)19-12/h1-2,5-7,9,13,21H,3-4H2,(H,20,22)(H2,18,19,23)/t7?,9?,13-/m1/s1. The van der Waals surface area contributed by atoms with E-state index in [1.807, 2.05) is 0 Å². The van der Waals surface area contributed by atoms with Crippen molar-refractivity contribution in [2.45, 2.75) is 25.0 Å². The molecule has 4 N–H and O–H groups in total. The largest absolute Gasteiger partial charge is 0.393 e. The molecule has 1 aromatic heterocycles. The fourth-order valence-corrected chi connectivity index (χ4v) is 2.78. The number of amides is 1. The number of imidazole rings is 1. The van der Waals surface area contributed by atoms with Gasteiger partial charge in [-0.15, -0.1) is 0 Å². The first-order valence-corrected chi connectivity index (χ1v) is 7.15. The summed E-state index contributed by atoms with van der Waals surface area (Å²) >= 11 is 0. The molecule has 1 heterocycles. The van der Waals surface area contributed by atoms with Crippen LogP contribution in [0.15, 0.2) is 29.2 Å². The minimum atomic E-state index is -0.765. The SMILES string of the molecule is O=C(N[C@@H](c1ccc(F)cc1F)C1CC(O)C1)c1c[nH]c(=O)[nH]1. The van der Waals surface area contributed by atoms with Gasteiger partial charge < -0.3 is 20.4 Å². The van der Waals surface area contributed by atoms with Crippen molar-refractivity contribution >= 4 is 5.91 Å². The van der Waals surface area contributed by atoms with Crippen LogP contribution in [0.4, 0.5) is 8.78 Å². The normalized spacial score (nSPS) is 21.5. The molecule has 122 valence electrons. The number of aromatic nitrogens is 2. The number of aliphatic hydroxyl groups is 1. The second-order valence-electron chi connectivity index (χ2n) is 5.66. The van der Waals surface area contributed by atoms with Crippen LogP contribution < -0.4 is 11.0 Å². The van der Waals surface area contributed by atoms with Gasteiger partial charge in [-0.25, -0.2) is 13.6 Å². The van der Waals surface area contributed by atoms with E-state index in [1.165, 1.54) is 12.3 Å². The molecular formula is C15H15F2N3O3. The molecule has 1 aliphatic carbocycles. The average Bonchev–Trinajstić information content (AvgIpc) is 2.89. The van der Waals surface area contributed by atoms with Gasteiger partial charge in [-0.3, -0.25) is 4.79 Å². The van der Waals surface area contributed by atoms with E-state index in [0.29, 0.717) is 12.8 Å². The molecule has 8 heteroatoms. The van der Waals surface area contributed by atoms with E-state index in [-0.39, 0.29) is 17.2 Å². The van der Waals surface area contributed by atoms with Gasteiger partial charge >= 0.3 is 5.69 Å². The molecule has 23 heavy (non-hydrogen) atoms. The maximum absolute atomic E-state index is 14.1. The predicted octanol–water partition coefficient (Wildman–Crippen LogP) is 1.22. The van der Waals surface area contributed by atoms with Crippen LogP contribution >= 0.6 is 0 Å². The van der Waals surface area contributed by atoms with E-state index in [0.717, 1.165) is 12.1 Å². The number of aliphatic hydroxyl groups excluding tert-OH is 1. The molecule has 3 rings (SSSR count). The molecular weight excluding hydrogens is 308 g/mol. The number of rotatable bonds is 4. The number of halogens is 2. The summed E-state index contributed by atoms with van der Waals surface area (Å²) in [5.74, 6) is -2.22. The minimum absolute atomic E-state index is 0.0161. The number of hydrogen-bond acceptors (Lipinski definition) is 3. The van der Waals surface area contributed by atoms with Crippen LogP contribution in [0.25, 0.3) is 0 Å². The van der Waals surface area contributed by atoms with Crippen LogP contribution in [0, 0.1) is 17.6 Å². The van der Waals surface area contributed by atoms with E-state index < -0.39 is 35.4 Å². The summed E-state index contributed by atoms with van der Waals surface area (Å²) in [6, 6.07) is 2.43. The van der Waals surface area contributed by atoms with Crippen molar-refractivity contribution in [3.63, 3.8) is 0 Å². The van der Waals surface area contributed by atoms with Gasteiger partial charge in [0, 0.05) is 17.8 Å². The molecule has 0 spiro atoms. The van der Waals surface area contributed by atoms with Crippen molar-refractivity contribution in [1.29, 1.82) is 0 Å². The molecule has 1 amide bonds. The lowest BCUT2D eigenvalue weighted by Gasteiger charge is -2.38. The maximum atomic E-state index is 14.1. The highest BCUT2D eigenvalue weighted by molar-refractivity contribution is 5.92. The van der Waals surface area contributed by atoms with Crippen molar-refractivity contribution in [2.24, 2.45) is 5.92 Å². The Kier molecular flexibility index (Phi) is 3.99. The average molecular weight is 323 g/mol. The molecule has 0 unspecified atom stereocenters. The lowest BCUT2D eigenvalue weighted by Crippen LogP contribution is -2.42. The second-order valence-corrected chi connectivity index (χ2v) is 5.66. The first-order valence-electron chi connectivity index (χ1n) is 7.15. The Hall–Kier alpha value is -2.48. The number of carbonyl (C=O) groups excluding carboxylic acids is 1. The molecule has 0 aliphatic heterocycles. The first-order chi connectivity index (χ1) is 10.9. The number of carbonyl (C=O) groups is 1. The van der Waals surface area contributed by atoms with Crippen molar-refractivity contribution in [3.05, 3.63) is 57.8 Å². The summed E-state index contributed by atoms with van der Waals surface area (Å²) in [5, 5.41) is 12.1. The Bertz CT molecular complexity index is 780. The molecule has 0 radical (unpaired) electrons. The third kappa shape index (κ3) is 3.16. The fourth-order valence-electron chi connectivity index (χ4n) is 2.78. The van der Waals surface area contributed by atoms with Gasteiger partial charge in [0.25, 0.3) is 5.91 Å². The molecule has 1 saturated carbocycles. The first kappa shape index (κ1) is 15.4. The fraction of sp³-hybridized carbons (Fsp3) is 0.333. The Balaban J connectivity index is 1.86. The van der Waals surface area contributed by atoms with Gasteiger partial charge in [0.15, 0.2) is 0 Å². The van der Waals surface area contributed by atoms with Crippen LogP contribution in [0.2, 0.25) is 0 Å². The van der Waals surface area contributed by atoms with Gasteiger partial charge in [-0.2, -0.15) is 0 Å². The molecule has 2 aromatic rings. The van der Waals surface area contributed by atoms with Gasteiger partial charge in [0.1, 0.15) is 17.3 Å². The van der Waals surface area contributed by atoms with Crippen LogP contribution in [-0.2, 0) is 0 Å². The van der Waals surface area contributed by atoms with Gasteiger partial charge in [-0.1, -0.05) is 6.07 Å². The molecule has 6 nitrogen and oxygen atoms in total. The summed E-state index contributed by atoms with van der Waals surface area (Å²) in [6.07, 6.45) is 1.54. The smallest absolute Gasteiger partial charge is 0.323 e. The Morgan fingerprint density at radius 2 is 2.09 bits per heavy atom. The van der Waals surface area contributed by atoms with Crippen LogP contribution in [0.5, 0.6) is 0 Å². The predicted molar refractivity (Wildman–Crippen MR) is 76.7 cm³/mol. The van der Waals surface area contributed by atoms with Crippen LogP contribution in [-0.4, -0.2) is 27.1 Å². The topological polar surface area (TPSA) is 98.0 Å². The number of H-pyrrole nitrogens is 2. The third-order valence-corrected chi connectivity index (χ3v) is 4.05. The van der Waals surface area contributed by atoms with Crippen LogP contribution in [0.1, 0.15) is 34.9 Å².